The van der Waals surface area contributed by atoms with E-state index in [1.807, 2.05) is 24.3 Å². The highest BCUT2D eigenvalue weighted by atomic mass is 35.5. The minimum Gasteiger partial charge on any atom is -0.437 e. The Kier molecular flexibility index (Phi) is 5.67. The van der Waals surface area contributed by atoms with Crippen molar-refractivity contribution in [2.24, 2.45) is 0 Å². The molecule has 1 aliphatic rings. The van der Waals surface area contributed by atoms with Crippen molar-refractivity contribution in [1.29, 1.82) is 0 Å². The molecular formula is C23H18ClN5OS. The fourth-order valence-electron chi connectivity index (χ4n) is 3.29. The van der Waals surface area contributed by atoms with Crippen LogP contribution >= 0.6 is 22.9 Å². The highest BCUT2D eigenvalue weighted by Gasteiger charge is 2.12. The van der Waals surface area contributed by atoms with Crippen LogP contribution in [0.4, 0.5) is 11.5 Å². The molecule has 1 unspecified atom stereocenters. The monoisotopic (exact) mass is 447 g/mol. The van der Waals surface area contributed by atoms with Gasteiger partial charge in [-0.3, -0.25) is 0 Å². The first-order chi connectivity index (χ1) is 15.2. The van der Waals surface area contributed by atoms with Crippen LogP contribution < -0.4 is 15.4 Å². The molecule has 4 heterocycles. The average Bonchev–Trinajstić information content (AvgIpc) is 3.45. The first kappa shape index (κ1) is 19.8. The van der Waals surface area contributed by atoms with Gasteiger partial charge in [0.15, 0.2) is 5.82 Å². The summed E-state index contributed by atoms with van der Waals surface area (Å²) in [4.78, 5) is 13.9. The van der Waals surface area contributed by atoms with E-state index in [0.29, 0.717) is 16.7 Å². The van der Waals surface area contributed by atoms with Gasteiger partial charge in [0.2, 0.25) is 5.88 Å². The SMILES string of the molecule is Clc1cc(Nc2ncnc3cc(C#CC4CCCN4)sc23)ccc1Oc1ccccn1. The van der Waals surface area contributed by atoms with Gasteiger partial charge >= 0.3 is 0 Å². The Bertz CT molecular complexity index is 1280. The van der Waals surface area contributed by atoms with Crippen LogP contribution in [0.5, 0.6) is 11.6 Å². The van der Waals surface area contributed by atoms with Crippen LogP contribution in [0.25, 0.3) is 10.2 Å². The number of aromatic nitrogens is 3. The fraction of sp³-hybridized carbons (Fsp3) is 0.174. The number of pyridine rings is 1. The average molecular weight is 448 g/mol. The molecule has 0 aliphatic carbocycles. The summed E-state index contributed by atoms with van der Waals surface area (Å²) in [5.41, 5.74) is 1.67. The fourth-order valence-corrected chi connectivity index (χ4v) is 4.43. The number of nitrogens with one attached hydrogen (secondary N) is 2. The van der Waals surface area contributed by atoms with E-state index >= 15 is 0 Å². The van der Waals surface area contributed by atoms with Crippen molar-refractivity contribution in [3.05, 3.63) is 64.9 Å². The van der Waals surface area contributed by atoms with Crippen molar-refractivity contribution in [3.8, 4) is 23.5 Å². The molecule has 2 N–H and O–H groups in total. The number of benzene rings is 1. The maximum absolute atomic E-state index is 6.42. The zero-order chi connectivity index (χ0) is 21.0. The van der Waals surface area contributed by atoms with Gasteiger partial charge < -0.3 is 15.4 Å². The van der Waals surface area contributed by atoms with Gasteiger partial charge in [0.05, 0.1) is 26.2 Å². The summed E-state index contributed by atoms with van der Waals surface area (Å²) in [5.74, 6) is 8.32. The summed E-state index contributed by atoms with van der Waals surface area (Å²) < 4.78 is 6.70. The number of hydrogen-bond acceptors (Lipinski definition) is 7. The third kappa shape index (κ3) is 4.62. The highest BCUT2D eigenvalue weighted by molar-refractivity contribution is 7.20. The lowest BCUT2D eigenvalue weighted by atomic mass is 10.2. The Labute approximate surface area is 188 Å². The Morgan fingerprint density at radius 3 is 2.94 bits per heavy atom. The minimum atomic E-state index is 0.280. The number of ether oxygens (including phenoxy) is 1. The molecule has 1 saturated heterocycles. The summed E-state index contributed by atoms with van der Waals surface area (Å²) in [7, 11) is 0. The smallest absolute Gasteiger partial charge is 0.219 e. The molecule has 4 aromatic rings. The molecule has 1 atom stereocenters. The van der Waals surface area contributed by atoms with Gasteiger partial charge in [0.25, 0.3) is 0 Å². The molecule has 6 nitrogen and oxygen atoms in total. The van der Waals surface area contributed by atoms with Crippen molar-refractivity contribution < 1.29 is 4.74 Å². The van der Waals surface area contributed by atoms with E-state index in [0.717, 1.165) is 39.6 Å². The second kappa shape index (κ2) is 8.90. The van der Waals surface area contributed by atoms with Gasteiger partial charge in [0.1, 0.15) is 12.1 Å². The molecule has 0 amide bonds. The number of anilines is 2. The van der Waals surface area contributed by atoms with Gasteiger partial charge in [-0.15, -0.1) is 11.3 Å². The van der Waals surface area contributed by atoms with E-state index in [9.17, 15) is 0 Å². The maximum Gasteiger partial charge on any atom is 0.219 e. The molecule has 0 radical (unpaired) electrons. The predicted molar refractivity (Wildman–Crippen MR) is 124 cm³/mol. The van der Waals surface area contributed by atoms with Gasteiger partial charge in [-0.1, -0.05) is 29.5 Å². The topological polar surface area (TPSA) is 72.0 Å². The Morgan fingerprint density at radius 1 is 1.16 bits per heavy atom. The van der Waals surface area contributed by atoms with Crippen LogP contribution in [-0.4, -0.2) is 27.5 Å². The van der Waals surface area contributed by atoms with Crippen LogP contribution in [0.1, 0.15) is 17.7 Å². The summed E-state index contributed by atoms with van der Waals surface area (Å²) >= 11 is 8.00. The minimum absolute atomic E-state index is 0.280. The van der Waals surface area contributed by atoms with E-state index < -0.39 is 0 Å². The number of fused-ring (bicyclic) bond motifs is 1. The van der Waals surface area contributed by atoms with Crippen molar-refractivity contribution >= 4 is 44.7 Å². The van der Waals surface area contributed by atoms with E-state index in [2.05, 4.69) is 37.4 Å². The molecule has 1 fully saturated rings. The number of halogens is 1. The lowest BCUT2D eigenvalue weighted by molar-refractivity contribution is 0.463. The van der Waals surface area contributed by atoms with Crippen LogP contribution in [0, 0.1) is 11.8 Å². The van der Waals surface area contributed by atoms with Crippen molar-refractivity contribution in [1.82, 2.24) is 20.3 Å². The third-order valence-electron chi connectivity index (χ3n) is 4.79. The van der Waals surface area contributed by atoms with Crippen molar-refractivity contribution in [3.63, 3.8) is 0 Å². The molecule has 8 heteroatoms. The van der Waals surface area contributed by atoms with Crippen LogP contribution in [0.2, 0.25) is 5.02 Å². The third-order valence-corrected chi connectivity index (χ3v) is 6.13. The van der Waals surface area contributed by atoms with Crippen molar-refractivity contribution in [2.45, 2.75) is 18.9 Å². The molecule has 0 spiro atoms. The molecule has 1 aliphatic heterocycles. The van der Waals surface area contributed by atoms with Gasteiger partial charge in [-0.05, 0) is 49.7 Å². The molecule has 0 bridgehead atoms. The Morgan fingerprint density at radius 2 is 2.13 bits per heavy atom. The summed E-state index contributed by atoms with van der Waals surface area (Å²) in [5, 5.41) is 7.20. The Balaban J connectivity index is 1.36. The molecule has 0 saturated carbocycles. The van der Waals surface area contributed by atoms with Gasteiger partial charge in [-0.25, -0.2) is 15.0 Å². The van der Waals surface area contributed by atoms with Crippen LogP contribution in [-0.2, 0) is 0 Å². The van der Waals surface area contributed by atoms with E-state index in [4.69, 9.17) is 16.3 Å². The molecule has 3 aromatic heterocycles. The largest absolute Gasteiger partial charge is 0.437 e. The lowest BCUT2D eigenvalue weighted by Gasteiger charge is -2.10. The Hall–Kier alpha value is -3.18. The zero-order valence-corrected chi connectivity index (χ0v) is 18.0. The maximum atomic E-state index is 6.42. The first-order valence-corrected chi connectivity index (χ1v) is 11.1. The number of nitrogens with zero attached hydrogens (tertiary/aromatic N) is 3. The molecule has 5 rings (SSSR count). The lowest BCUT2D eigenvalue weighted by Crippen LogP contribution is -2.18. The number of rotatable bonds is 4. The summed E-state index contributed by atoms with van der Waals surface area (Å²) in [6.45, 7) is 1.04. The number of thiophene rings is 1. The number of hydrogen-bond donors (Lipinski definition) is 2. The summed E-state index contributed by atoms with van der Waals surface area (Å²) in [6, 6.07) is 13.2. The van der Waals surface area contributed by atoms with Gasteiger partial charge in [-0.2, -0.15) is 0 Å². The van der Waals surface area contributed by atoms with E-state index in [1.165, 1.54) is 6.42 Å². The van der Waals surface area contributed by atoms with Crippen LogP contribution in [0.15, 0.2) is 55.0 Å². The highest BCUT2D eigenvalue weighted by Crippen LogP contribution is 2.34. The molecule has 154 valence electrons. The second-order valence-electron chi connectivity index (χ2n) is 7.01. The molecule has 31 heavy (non-hydrogen) atoms. The van der Waals surface area contributed by atoms with E-state index in [-0.39, 0.29) is 6.04 Å². The molecule has 1 aromatic carbocycles. The van der Waals surface area contributed by atoms with Crippen molar-refractivity contribution in [2.75, 3.05) is 11.9 Å². The van der Waals surface area contributed by atoms with Crippen LogP contribution in [0.3, 0.4) is 0 Å². The predicted octanol–water partition coefficient (Wildman–Crippen LogP) is 5.38. The first-order valence-electron chi connectivity index (χ1n) is 9.89. The summed E-state index contributed by atoms with van der Waals surface area (Å²) in [6.07, 6.45) is 5.50. The molecular weight excluding hydrogens is 430 g/mol. The standard InChI is InChI=1S/C23H18ClN5OS/c24-18-12-16(7-9-20(18)30-21-5-1-2-10-26-21)29-23-22-19(27-14-28-23)13-17(31-22)8-6-15-4-3-11-25-15/h1-2,5,7,9-10,12-15,25H,3-4,11H2,(H,27,28,29). The normalized spacial score (nSPS) is 15.5. The zero-order valence-electron chi connectivity index (χ0n) is 16.4. The van der Waals surface area contributed by atoms with Gasteiger partial charge in [0, 0.05) is 18.0 Å². The second-order valence-corrected chi connectivity index (χ2v) is 8.47. The van der Waals surface area contributed by atoms with E-state index in [1.54, 1.807) is 42.1 Å². The quantitative estimate of drug-likeness (QED) is 0.409.